The Kier molecular flexibility index (Phi) is 4.83. The van der Waals surface area contributed by atoms with E-state index in [4.69, 9.17) is 0 Å². The van der Waals surface area contributed by atoms with Crippen molar-refractivity contribution in [2.45, 2.75) is 11.3 Å². The van der Waals surface area contributed by atoms with Crippen LogP contribution in [0.1, 0.15) is 5.56 Å². The molecule has 0 aliphatic carbocycles. The van der Waals surface area contributed by atoms with E-state index >= 15 is 0 Å². The lowest BCUT2D eigenvalue weighted by molar-refractivity contribution is 0.243. The number of benzene rings is 1. The van der Waals surface area contributed by atoms with Crippen molar-refractivity contribution in [2.75, 3.05) is 39.0 Å². The SMILES string of the molecule is CSc1ccc(F)c(CCN2CCNCC2)c1. The molecule has 4 heteroatoms. The molecule has 0 amide bonds. The van der Waals surface area contributed by atoms with Crippen LogP contribution in [0, 0.1) is 5.82 Å². The van der Waals surface area contributed by atoms with Crippen LogP contribution in [0.5, 0.6) is 0 Å². The summed E-state index contributed by atoms with van der Waals surface area (Å²) in [4.78, 5) is 3.53. The fraction of sp³-hybridized carbons (Fsp3) is 0.538. The molecular weight excluding hydrogens is 235 g/mol. The van der Waals surface area contributed by atoms with Gasteiger partial charge in [-0.05, 0) is 36.4 Å². The van der Waals surface area contributed by atoms with Crippen molar-refractivity contribution < 1.29 is 4.39 Å². The van der Waals surface area contributed by atoms with E-state index < -0.39 is 0 Å². The molecule has 0 unspecified atom stereocenters. The van der Waals surface area contributed by atoms with Crippen LogP contribution in [0.15, 0.2) is 23.1 Å². The van der Waals surface area contributed by atoms with E-state index in [1.807, 2.05) is 18.4 Å². The summed E-state index contributed by atoms with van der Waals surface area (Å²) in [5.74, 6) is -0.0714. The minimum absolute atomic E-state index is 0.0714. The van der Waals surface area contributed by atoms with Crippen LogP contribution in [0.3, 0.4) is 0 Å². The quantitative estimate of drug-likeness (QED) is 0.827. The number of hydrogen-bond acceptors (Lipinski definition) is 3. The van der Waals surface area contributed by atoms with Gasteiger partial charge in [0, 0.05) is 37.6 Å². The third kappa shape index (κ3) is 3.69. The van der Waals surface area contributed by atoms with Gasteiger partial charge < -0.3 is 10.2 Å². The lowest BCUT2D eigenvalue weighted by Crippen LogP contribution is -2.44. The largest absolute Gasteiger partial charge is 0.314 e. The number of nitrogens with zero attached hydrogens (tertiary/aromatic N) is 1. The fourth-order valence-corrected chi connectivity index (χ4v) is 2.55. The topological polar surface area (TPSA) is 15.3 Å². The molecule has 17 heavy (non-hydrogen) atoms. The van der Waals surface area contributed by atoms with Gasteiger partial charge in [0.05, 0.1) is 0 Å². The lowest BCUT2D eigenvalue weighted by Gasteiger charge is -2.27. The predicted molar refractivity (Wildman–Crippen MR) is 71.2 cm³/mol. The summed E-state index contributed by atoms with van der Waals surface area (Å²) in [7, 11) is 0. The van der Waals surface area contributed by atoms with Gasteiger partial charge in [-0.3, -0.25) is 0 Å². The summed E-state index contributed by atoms with van der Waals surface area (Å²) in [6.07, 6.45) is 2.83. The van der Waals surface area contributed by atoms with Crippen LogP contribution in [-0.4, -0.2) is 43.9 Å². The molecule has 0 saturated carbocycles. The van der Waals surface area contributed by atoms with Crippen LogP contribution in [0.2, 0.25) is 0 Å². The van der Waals surface area contributed by atoms with Crippen molar-refractivity contribution in [2.24, 2.45) is 0 Å². The van der Waals surface area contributed by atoms with Crippen molar-refractivity contribution in [3.05, 3.63) is 29.6 Å². The molecule has 1 aliphatic heterocycles. The monoisotopic (exact) mass is 254 g/mol. The van der Waals surface area contributed by atoms with E-state index in [-0.39, 0.29) is 5.82 Å². The van der Waals surface area contributed by atoms with E-state index in [9.17, 15) is 4.39 Å². The number of thioether (sulfide) groups is 1. The van der Waals surface area contributed by atoms with Gasteiger partial charge in [0.15, 0.2) is 0 Å². The van der Waals surface area contributed by atoms with Gasteiger partial charge in [-0.2, -0.15) is 0 Å². The minimum atomic E-state index is -0.0714. The van der Waals surface area contributed by atoms with Crippen LogP contribution in [0.25, 0.3) is 0 Å². The third-order valence-electron chi connectivity index (χ3n) is 3.16. The van der Waals surface area contributed by atoms with Gasteiger partial charge in [0.25, 0.3) is 0 Å². The summed E-state index contributed by atoms with van der Waals surface area (Å²) in [6, 6.07) is 5.40. The summed E-state index contributed by atoms with van der Waals surface area (Å²) in [5.41, 5.74) is 0.843. The Balaban J connectivity index is 1.92. The number of nitrogens with one attached hydrogen (secondary N) is 1. The standard InChI is InChI=1S/C13H19FN2S/c1-17-12-2-3-13(14)11(10-12)4-7-16-8-5-15-6-9-16/h2-3,10,15H,4-9H2,1H3. The first-order valence-electron chi connectivity index (χ1n) is 6.05. The molecule has 2 rings (SSSR count). The van der Waals surface area contributed by atoms with Gasteiger partial charge in [-0.15, -0.1) is 11.8 Å². The lowest BCUT2D eigenvalue weighted by atomic mass is 10.1. The highest BCUT2D eigenvalue weighted by molar-refractivity contribution is 7.98. The first kappa shape index (κ1) is 12.9. The number of piperazine rings is 1. The highest BCUT2D eigenvalue weighted by atomic mass is 32.2. The molecule has 0 spiro atoms. The van der Waals surface area contributed by atoms with Gasteiger partial charge >= 0.3 is 0 Å². The second-order valence-electron chi connectivity index (χ2n) is 4.30. The predicted octanol–water partition coefficient (Wildman–Crippen LogP) is 2.00. The molecule has 2 nitrogen and oxygen atoms in total. The van der Waals surface area contributed by atoms with Gasteiger partial charge in [-0.25, -0.2) is 4.39 Å². The summed E-state index contributed by atoms with van der Waals surface area (Å²) < 4.78 is 13.6. The Labute approximate surface area is 107 Å². The van der Waals surface area contributed by atoms with Crippen molar-refractivity contribution in [1.82, 2.24) is 10.2 Å². The van der Waals surface area contributed by atoms with Crippen molar-refractivity contribution in [3.63, 3.8) is 0 Å². The average molecular weight is 254 g/mol. The molecule has 0 radical (unpaired) electrons. The normalized spacial score (nSPS) is 17.3. The second-order valence-corrected chi connectivity index (χ2v) is 5.18. The first-order chi connectivity index (χ1) is 8.29. The summed E-state index contributed by atoms with van der Waals surface area (Å²) in [6.45, 7) is 5.20. The van der Waals surface area contributed by atoms with Gasteiger partial charge in [0.2, 0.25) is 0 Å². The maximum absolute atomic E-state index is 13.6. The van der Waals surface area contributed by atoms with Crippen LogP contribution in [0.4, 0.5) is 4.39 Å². The zero-order chi connectivity index (χ0) is 12.1. The van der Waals surface area contributed by atoms with E-state index in [2.05, 4.69) is 10.2 Å². The molecule has 0 aromatic heterocycles. The van der Waals surface area contributed by atoms with Crippen LogP contribution in [-0.2, 0) is 6.42 Å². The Bertz CT molecular complexity index is 364. The molecule has 1 aromatic rings. The molecule has 1 saturated heterocycles. The van der Waals surface area contributed by atoms with Gasteiger partial charge in [0.1, 0.15) is 5.82 Å². The van der Waals surface area contributed by atoms with E-state index in [0.717, 1.165) is 49.6 Å². The highest BCUT2D eigenvalue weighted by Gasteiger charge is 2.10. The maximum atomic E-state index is 13.6. The third-order valence-corrected chi connectivity index (χ3v) is 3.89. The Morgan fingerprint density at radius 3 is 2.82 bits per heavy atom. The summed E-state index contributed by atoms with van der Waals surface area (Å²) in [5, 5.41) is 3.32. The molecule has 0 bridgehead atoms. The molecule has 0 atom stereocenters. The van der Waals surface area contributed by atoms with E-state index in [1.165, 1.54) is 0 Å². The molecule has 1 fully saturated rings. The van der Waals surface area contributed by atoms with Crippen LogP contribution >= 0.6 is 11.8 Å². The zero-order valence-corrected chi connectivity index (χ0v) is 11.0. The van der Waals surface area contributed by atoms with Crippen LogP contribution < -0.4 is 5.32 Å². The molecular formula is C13H19FN2S. The summed E-state index contributed by atoms with van der Waals surface area (Å²) >= 11 is 1.66. The molecule has 1 N–H and O–H groups in total. The number of halogens is 1. The minimum Gasteiger partial charge on any atom is -0.314 e. The molecule has 1 aromatic carbocycles. The second kappa shape index (κ2) is 6.38. The first-order valence-corrected chi connectivity index (χ1v) is 7.27. The molecule has 1 heterocycles. The van der Waals surface area contributed by atoms with Crippen molar-refractivity contribution in [3.8, 4) is 0 Å². The van der Waals surface area contributed by atoms with Crippen molar-refractivity contribution >= 4 is 11.8 Å². The highest BCUT2D eigenvalue weighted by Crippen LogP contribution is 2.19. The Morgan fingerprint density at radius 2 is 2.12 bits per heavy atom. The van der Waals surface area contributed by atoms with Crippen molar-refractivity contribution in [1.29, 1.82) is 0 Å². The Morgan fingerprint density at radius 1 is 1.35 bits per heavy atom. The van der Waals surface area contributed by atoms with E-state index in [0.29, 0.717) is 0 Å². The number of rotatable bonds is 4. The molecule has 94 valence electrons. The smallest absolute Gasteiger partial charge is 0.126 e. The Hall–Kier alpha value is -0.580. The number of hydrogen-bond donors (Lipinski definition) is 1. The fourth-order valence-electron chi connectivity index (χ4n) is 2.08. The van der Waals surface area contributed by atoms with E-state index in [1.54, 1.807) is 17.8 Å². The zero-order valence-electron chi connectivity index (χ0n) is 10.2. The van der Waals surface area contributed by atoms with Gasteiger partial charge in [-0.1, -0.05) is 0 Å². The maximum Gasteiger partial charge on any atom is 0.126 e. The average Bonchev–Trinajstić information content (AvgIpc) is 2.39. The molecule has 1 aliphatic rings.